The van der Waals surface area contributed by atoms with Crippen LogP contribution in [0.3, 0.4) is 0 Å². The second-order valence-corrected chi connectivity index (χ2v) is 7.15. The maximum Gasteiger partial charge on any atom is 0.251 e. The Balaban J connectivity index is 1.85. The molecule has 0 aromatic heterocycles. The van der Waals surface area contributed by atoms with Crippen molar-refractivity contribution in [3.8, 4) is 11.5 Å². The van der Waals surface area contributed by atoms with Crippen LogP contribution >= 0.6 is 0 Å². The van der Waals surface area contributed by atoms with Gasteiger partial charge >= 0.3 is 0 Å². The number of allylic oxidation sites excluding steroid dienone is 2. The highest BCUT2D eigenvalue weighted by Gasteiger charge is 2.41. The predicted octanol–water partition coefficient (Wildman–Crippen LogP) is 4.35. The van der Waals surface area contributed by atoms with Crippen LogP contribution < -0.4 is 14.5 Å². The first-order valence-corrected chi connectivity index (χ1v) is 9.49. The van der Waals surface area contributed by atoms with E-state index in [1.807, 2.05) is 49.4 Å². The molecule has 1 aliphatic heterocycles. The number of amides is 1. The van der Waals surface area contributed by atoms with Crippen LogP contribution in [-0.2, 0) is 4.79 Å². The SMILES string of the molecule is COc1ccc(C2=NN(c3ccccc3C)C(=O)[C@H]3CC=CC[C@@H]23)cc1OC. The molecule has 0 bridgehead atoms. The van der Waals surface area contributed by atoms with Crippen molar-refractivity contribution in [3.05, 3.63) is 65.7 Å². The second kappa shape index (κ2) is 7.50. The lowest BCUT2D eigenvalue weighted by Gasteiger charge is -2.37. The number of rotatable bonds is 4. The van der Waals surface area contributed by atoms with E-state index in [0.29, 0.717) is 11.5 Å². The van der Waals surface area contributed by atoms with Gasteiger partial charge in [-0.1, -0.05) is 30.4 Å². The Hall–Kier alpha value is -3.08. The van der Waals surface area contributed by atoms with Gasteiger partial charge in [-0.25, -0.2) is 0 Å². The van der Waals surface area contributed by atoms with E-state index in [1.54, 1.807) is 19.2 Å². The number of ether oxygens (including phenoxy) is 2. The molecule has 4 rings (SSSR count). The van der Waals surface area contributed by atoms with Crippen LogP contribution in [0, 0.1) is 18.8 Å². The molecule has 0 saturated heterocycles. The summed E-state index contributed by atoms with van der Waals surface area (Å²) in [5, 5.41) is 6.43. The monoisotopic (exact) mass is 376 g/mol. The second-order valence-electron chi connectivity index (χ2n) is 7.15. The van der Waals surface area contributed by atoms with E-state index < -0.39 is 0 Å². The number of carbonyl (C=O) groups is 1. The summed E-state index contributed by atoms with van der Waals surface area (Å²) in [6.07, 6.45) is 5.80. The Morgan fingerprint density at radius 2 is 1.68 bits per heavy atom. The van der Waals surface area contributed by atoms with E-state index in [1.165, 1.54) is 0 Å². The number of fused-ring (bicyclic) bond motifs is 1. The molecule has 0 unspecified atom stereocenters. The van der Waals surface area contributed by atoms with E-state index in [2.05, 4.69) is 12.2 Å². The summed E-state index contributed by atoms with van der Waals surface area (Å²) in [7, 11) is 3.25. The van der Waals surface area contributed by atoms with Gasteiger partial charge in [0.15, 0.2) is 11.5 Å². The van der Waals surface area contributed by atoms with E-state index in [-0.39, 0.29) is 17.7 Å². The molecule has 1 heterocycles. The van der Waals surface area contributed by atoms with Gasteiger partial charge in [-0.15, -0.1) is 0 Å². The molecule has 5 nitrogen and oxygen atoms in total. The zero-order chi connectivity index (χ0) is 19.7. The molecule has 2 atom stereocenters. The third kappa shape index (κ3) is 3.07. The van der Waals surface area contributed by atoms with Gasteiger partial charge in [0.2, 0.25) is 0 Å². The molecule has 28 heavy (non-hydrogen) atoms. The lowest BCUT2D eigenvalue weighted by molar-refractivity contribution is -0.123. The zero-order valence-corrected chi connectivity index (χ0v) is 16.4. The Bertz CT molecular complexity index is 964. The fraction of sp³-hybridized carbons (Fsp3) is 0.304. The van der Waals surface area contributed by atoms with Crippen LogP contribution in [-0.4, -0.2) is 25.8 Å². The Labute approximate surface area is 165 Å². The third-order valence-corrected chi connectivity index (χ3v) is 5.54. The summed E-state index contributed by atoms with van der Waals surface area (Å²) in [6.45, 7) is 2.00. The maximum absolute atomic E-state index is 13.3. The molecule has 2 aromatic carbocycles. The molecule has 0 fully saturated rings. The fourth-order valence-electron chi connectivity index (χ4n) is 4.02. The van der Waals surface area contributed by atoms with Gasteiger partial charge in [-0.3, -0.25) is 4.79 Å². The van der Waals surface area contributed by atoms with Crippen molar-refractivity contribution in [1.82, 2.24) is 0 Å². The topological polar surface area (TPSA) is 51.1 Å². The zero-order valence-electron chi connectivity index (χ0n) is 16.4. The van der Waals surface area contributed by atoms with Crippen molar-refractivity contribution < 1.29 is 14.3 Å². The molecule has 0 N–H and O–H groups in total. The van der Waals surface area contributed by atoms with Crippen molar-refractivity contribution in [2.24, 2.45) is 16.9 Å². The molecule has 0 saturated carbocycles. The maximum atomic E-state index is 13.3. The van der Waals surface area contributed by atoms with Gasteiger partial charge in [0, 0.05) is 11.5 Å². The molecular formula is C23H24N2O3. The highest BCUT2D eigenvalue weighted by Crippen LogP contribution is 2.38. The molecular weight excluding hydrogens is 352 g/mol. The average Bonchev–Trinajstić information content (AvgIpc) is 2.74. The van der Waals surface area contributed by atoms with Gasteiger partial charge in [0.05, 0.1) is 31.5 Å². The van der Waals surface area contributed by atoms with Crippen LogP contribution in [0.15, 0.2) is 59.7 Å². The molecule has 1 amide bonds. The highest BCUT2D eigenvalue weighted by atomic mass is 16.5. The number of benzene rings is 2. The summed E-state index contributed by atoms with van der Waals surface area (Å²) >= 11 is 0. The quantitative estimate of drug-likeness (QED) is 0.746. The van der Waals surface area contributed by atoms with Crippen molar-refractivity contribution in [3.63, 3.8) is 0 Å². The molecule has 1 aliphatic carbocycles. The lowest BCUT2D eigenvalue weighted by atomic mass is 9.76. The number of aryl methyl sites for hydroxylation is 1. The van der Waals surface area contributed by atoms with Crippen molar-refractivity contribution in [2.75, 3.05) is 19.2 Å². The largest absolute Gasteiger partial charge is 0.493 e. The summed E-state index contributed by atoms with van der Waals surface area (Å²) < 4.78 is 10.8. The summed E-state index contributed by atoms with van der Waals surface area (Å²) in [4.78, 5) is 13.3. The number of nitrogens with zero attached hydrogens (tertiary/aromatic N) is 2. The van der Waals surface area contributed by atoms with Crippen LogP contribution in [0.2, 0.25) is 0 Å². The fourth-order valence-corrected chi connectivity index (χ4v) is 4.02. The normalized spacial score (nSPS) is 21.2. The number of para-hydroxylation sites is 1. The summed E-state index contributed by atoms with van der Waals surface area (Å²) in [5.74, 6) is 1.36. The van der Waals surface area contributed by atoms with Gasteiger partial charge in [-0.2, -0.15) is 10.1 Å². The third-order valence-electron chi connectivity index (χ3n) is 5.54. The lowest BCUT2D eigenvalue weighted by Crippen LogP contribution is -2.45. The van der Waals surface area contributed by atoms with Crippen molar-refractivity contribution in [2.45, 2.75) is 19.8 Å². The number of methoxy groups -OCH3 is 2. The van der Waals surface area contributed by atoms with E-state index >= 15 is 0 Å². The van der Waals surface area contributed by atoms with Gasteiger partial charge in [0.1, 0.15) is 0 Å². The van der Waals surface area contributed by atoms with Crippen molar-refractivity contribution in [1.29, 1.82) is 0 Å². The van der Waals surface area contributed by atoms with Gasteiger partial charge < -0.3 is 9.47 Å². The number of anilines is 1. The van der Waals surface area contributed by atoms with Gasteiger partial charge in [0.25, 0.3) is 5.91 Å². The first-order chi connectivity index (χ1) is 13.6. The minimum atomic E-state index is -0.106. The molecule has 2 aliphatic rings. The molecule has 0 spiro atoms. The first kappa shape index (κ1) is 18.3. The Morgan fingerprint density at radius 3 is 2.39 bits per heavy atom. The van der Waals surface area contributed by atoms with Crippen LogP contribution in [0.4, 0.5) is 5.69 Å². The van der Waals surface area contributed by atoms with E-state index in [4.69, 9.17) is 14.6 Å². The standard InChI is InChI=1S/C23H24N2O3/c1-15-8-4-7-11-19(15)25-23(26)18-10-6-5-9-17(18)22(24-25)16-12-13-20(27-2)21(14-16)28-3/h4-8,11-14,17-18H,9-10H2,1-3H3/t17-,18+/m1/s1. The summed E-state index contributed by atoms with van der Waals surface area (Å²) in [6, 6.07) is 13.7. The highest BCUT2D eigenvalue weighted by molar-refractivity contribution is 6.11. The number of hydrogen-bond acceptors (Lipinski definition) is 4. The minimum Gasteiger partial charge on any atom is -0.493 e. The average molecular weight is 376 g/mol. The molecule has 144 valence electrons. The molecule has 5 heteroatoms. The number of hydrogen-bond donors (Lipinski definition) is 0. The Morgan fingerprint density at radius 1 is 0.964 bits per heavy atom. The Kier molecular flexibility index (Phi) is 4.90. The molecule has 0 radical (unpaired) electrons. The number of hydrazone groups is 1. The van der Waals surface area contributed by atoms with Crippen LogP contribution in [0.25, 0.3) is 0 Å². The van der Waals surface area contributed by atoms with E-state index in [9.17, 15) is 4.79 Å². The first-order valence-electron chi connectivity index (χ1n) is 9.49. The predicted molar refractivity (Wildman–Crippen MR) is 110 cm³/mol. The molecule has 2 aromatic rings. The summed E-state index contributed by atoms with van der Waals surface area (Å²) in [5.41, 5.74) is 3.72. The van der Waals surface area contributed by atoms with Crippen LogP contribution in [0.5, 0.6) is 11.5 Å². The van der Waals surface area contributed by atoms with Crippen LogP contribution in [0.1, 0.15) is 24.0 Å². The smallest absolute Gasteiger partial charge is 0.251 e. The van der Waals surface area contributed by atoms with E-state index in [0.717, 1.165) is 35.4 Å². The van der Waals surface area contributed by atoms with Crippen molar-refractivity contribution >= 4 is 17.3 Å². The van der Waals surface area contributed by atoms with Gasteiger partial charge in [-0.05, 0) is 49.6 Å². The minimum absolute atomic E-state index is 0.0628. The number of carbonyl (C=O) groups excluding carboxylic acids is 1.